The standard InChI is InChI=1S/C25H36O3/c1-19(2)24(28-23-10-8-7-9-11-23)21(16-17-27-25(3,4)5)18-20-12-14-22(26-6)15-13-20/h7-15,19,21,24H,16-18H2,1-6H3/t21-,24+/m1/s1. The van der Waals surface area contributed by atoms with Crippen LogP contribution < -0.4 is 9.47 Å². The Labute approximate surface area is 171 Å². The summed E-state index contributed by atoms with van der Waals surface area (Å²) in [4.78, 5) is 0. The van der Waals surface area contributed by atoms with Crippen LogP contribution >= 0.6 is 0 Å². The highest BCUT2D eigenvalue weighted by atomic mass is 16.5. The summed E-state index contributed by atoms with van der Waals surface area (Å²) in [6, 6.07) is 18.5. The largest absolute Gasteiger partial charge is 0.497 e. The van der Waals surface area contributed by atoms with E-state index < -0.39 is 0 Å². The van der Waals surface area contributed by atoms with Crippen molar-refractivity contribution < 1.29 is 14.2 Å². The van der Waals surface area contributed by atoms with Crippen molar-refractivity contribution in [3.05, 3.63) is 60.2 Å². The van der Waals surface area contributed by atoms with Crippen LogP contribution in [0.15, 0.2) is 54.6 Å². The van der Waals surface area contributed by atoms with Crippen LogP contribution in [0.5, 0.6) is 11.5 Å². The van der Waals surface area contributed by atoms with Gasteiger partial charge in [0, 0.05) is 12.5 Å². The van der Waals surface area contributed by atoms with E-state index in [0.717, 1.165) is 30.9 Å². The number of methoxy groups -OCH3 is 1. The molecule has 0 aliphatic rings. The molecule has 0 amide bonds. The molecule has 0 N–H and O–H groups in total. The Kier molecular flexibility index (Phi) is 8.37. The highest BCUT2D eigenvalue weighted by molar-refractivity contribution is 5.27. The summed E-state index contributed by atoms with van der Waals surface area (Å²) >= 11 is 0. The minimum Gasteiger partial charge on any atom is -0.497 e. The van der Waals surface area contributed by atoms with Gasteiger partial charge >= 0.3 is 0 Å². The Morgan fingerprint density at radius 3 is 2.04 bits per heavy atom. The van der Waals surface area contributed by atoms with Gasteiger partial charge in [0.15, 0.2) is 0 Å². The minimum atomic E-state index is -0.127. The summed E-state index contributed by atoms with van der Waals surface area (Å²) in [6.07, 6.45) is 2.03. The second-order valence-electron chi connectivity index (χ2n) is 8.70. The van der Waals surface area contributed by atoms with Crippen molar-refractivity contribution in [3.8, 4) is 11.5 Å². The van der Waals surface area contributed by atoms with Crippen molar-refractivity contribution in [2.45, 2.75) is 59.2 Å². The minimum absolute atomic E-state index is 0.119. The van der Waals surface area contributed by atoms with Gasteiger partial charge in [-0.3, -0.25) is 0 Å². The number of para-hydroxylation sites is 1. The Bertz CT molecular complexity index is 671. The van der Waals surface area contributed by atoms with Crippen LogP contribution in [0.4, 0.5) is 0 Å². The molecule has 0 bridgehead atoms. The zero-order valence-corrected chi connectivity index (χ0v) is 18.3. The molecule has 0 radical (unpaired) electrons. The van der Waals surface area contributed by atoms with Gasteiger partial charge < -0.3 is 14.2 Å². The summed E-state index contributed by atoms with van der Waals surface area (Å²) in [5.41, 5.74) is 1.17. The number of benzene rings is 2. The number of rotatable bonds is 10. The number of ether oxygens (including phenoxy) is 3. The van der Waals surface area contributed by atoms with Crippen molar-refractivity contribution in [2.24, 2.45) is 11.8 Å². The van der Waals surface area contributed by atoms with Crippen LogP contribution in [0.3, 0.4) is 0 Å². The van der Waals surface area contributed by atoms with Gasteiger partial charge in [0.1, 0.15) is 17.6 Å². The topological polar surface area (TPSA) is 27.7 Å². The van der Waals surface area contributed by atoms with E-state index in [1.165, 1.54) is 5.56 Å². The Morgan fingerprint density at radius 2 is 1.50 bits per heavy atom. The first kappa shape index (κ1) is 22.3. The van der Waals surface area contributed by atoms with E-state index in [0.29, 0.717) is 11.8 Å². The lowest BCUT2D eigenvalue weighted by molar-refractivity contribution is -0.0205. The smallest absolute Gasteiger partial charge is 0.119 e. The molecular weight excluding hydrogens is 348 g/mol. The highest BCUT2D eigenvalue weighted by Crippen LogP contribution is 2.28. The van der Waals surface area contributed by atoms with Gasteiger partial charge in [0.2, 0.25) is 0 Å². The highest BCUT2D eigenvalue weighted by Gasteiger charge is 2.27. The van der Waals surface area contributed by atoms with E-state index in [-0.39, 0.29) is 11.7 Å². The summed E-state index contributed by atoms with van der Waals surface area (Å²) in [6.45, 7) is 11.5. The average Bonchev–Trinajstić information content (AvgIpc) is 2.65. The van der Waals surface area contributed by atoms with Gasteiger partial charge in [-0.05, 0) is 69.4 Å². The third kappa shape index (κ3) is 7.55. The number of hydrogen-bond acceptors (Lipinski definition) is 3. The molecule has 154 valence electrons. The van der Waals surface area contributed by atoms with Crippen molar-refractivity contribution in [1.82, 2.24) is 0 Å². The molecule has 2 aromatic rings. The summed E-state index contributed by atoms with van der Waals surface area (Å²) < 4.78 is 17.8. The fourth-order valence-electron chi connectivity index (χ4n) is 3.40. The first-order chi connectivity index (χ1) is 13.3. The van der Waals surface area contributed by atoms with Gasteiger partial charge in [0.25, 0.3) is 0 Å². The van der Waals surface area contributed by atoms with E-state index in [4.69, 9.17) is 14.2 Å². The maximum Gasteiger partial charge on any atom is 0.119 e. The molecule has 28 heavy (non-hydrogen) atoms. The maximum atomic E-state index is 6.46. The van der Waals surface area contributed by atoms with E-state index in [9.17, 15) is 0 Å². The van der Waals surface area contributed by atoms with Gasteiger partial charge in [0.05, 0.1) is 12.7 Å². The molecule has 2 atom stereocenters. The summed E-state index contributed by atoms with van der Waals surface area (Å²) in [5.74, 6) is 2.57. The second-order valence-corrected chi connectivity index (χ2v) is 8.70. The molecule has 2 aromatic carbocycles. The van der Waals surface area contributed by atoms with Crippen molar-refractivity contribution >= 4 is 0 Å². The molecule has 0 saturated heterocycles. The van der Waals surface area contributed by atoms with Gasteiger partial charge in [-0.2, -0.15) is 0 Å². The maximum absolute atomic E-state index is 6.46. The van der Waals surface area contributed by atoms with Crippen LogP contribution in [0.25, 0.3) is 0 Å². The fourth-order valence-corrected chi connectivity index (χ4v) is 3.40. The van der Waals surface area contributed by atoms with Crippen LogP contribution in [-0.4, -0.2) is 25.4 Å². The zero-order chi connectivity index (χ0) is 20.6. The zero-order valence-electron chi connectivity index (χ0n) is 18.3. The first-order valence-electron chi connectivity index (χ1n) is 10.3. The molecule has 0 unspecified atom stereocenters. The second kappa shape index (κ2) is 10.5. The third-order valence-corrected chi connectivity index (χ3v) is 4.82. The predicted molar refractivity (Wildman–Crippen MR) is 116 cm³/mol. The lowest BCUT2D eigenvalue weighted by Crippen LogP contribution is -2.35. The lowest BCUT2D eigenvalue weighted by Gasteiger charge is -2.32. The van der Waals surface area contributed by atoms with Gasteiger partial charge in [-0.15, -0.1) is 0 Å². The average molecular weight is 385 g/mol. The van der Waals surface area contributed by atoms with E-state index in [2.05, 4.69) is 46.8 Å². The monoisotopic (exact) mass is 384 g/mol. The quantitative estimate of drug-likeness (QED) is 0.491. The molecule has 0 spiro atoms. The SMILES string of the molecule is COc1ccc(C[C@@H](CCOC(C)(C)C)[C@@H](Oc2ccccc2)C(C)C)cc1. The van der Waals surface area contributed by atoms with Crippen molar-refractivity contribution in [1.29, 1.82) is 0 Å². The Balaban J connectivity index is 2.17. The van der Waals surface area contributed by atoms with E-state index >= 15 is 0 Å². The predicted octanol–water partition coefficient (Wildman–Crippen LogP) is 6.16. The van der Waals surface area contributed by atoms with Crippen LogP contribution in [-0.2, 0) is 11.2 Å². The fraction of sp³-hybridized carbons (Fsp3) is 0.520. The van der Waals surface area contributed by atoms with Crippen LogP contribution in [0, 0.1) is 11.8 Å². The van der Waals surface area contributed by atoms with Crippen molar-refractivity contribution in [2.75, 3.05) is 13.7 Å². The molecule has 0 aromatic heterocycles. The third-order valence-electron chi connectivity index (χ3n) is 4.82. The molecule has 0 fully saturated rings. The Morgan fingerprint density at radius 1 is 0.857 bits per heavy atom. The molecule has 0 saturated carbocycles. The van der Waals surface area contributed by atoms with Crippen LogP contribution in [0.2, 0.25) is 0 Å². The normalized spacial score (nSPS) is 14.0. The molecule has 2 rings (SSSR count). The van der Waals surface area contributed by atoms with E-state index in [1.807, 2.05) is 42.5 Å². The summed E-state index contributed by atoms with van der Waals surface area (Å²) in [5, 5.41) is 0. The molecule has 0 aliphatic heterocycles. The van der Waals surface area contributed by atoms with E-state index in [1.54, 1.807) is 7.11 Å². The van der Waals surface area contributed by atoms with Crippen LogP contribution in [0.1, 0.15) is 46.6 Å². The summed E-state index contributed by atoms with van der Waals surface area (Å²) in [7, 11) is 1.70. The molecular formula is C25H36O3. The number of hydrogen-bond donors (Lipinski definition) is 0. The van der Waals surface area contributed by atoms with Gasteiger partial charge in [-0.1, -0.05) is 44.2 Å². The molecule has 0 aliphatic carbocycles. The molecule has 3 nitrogen and oxygen atoms in total. The lowest BCUT2D eigenvalue weighted by atomic mass is 9.85. The Hall–Kier alpha value is -2.00. The van der Waals surface area contributed by atoms with Crippen molar-refractivity contribution in [3.63, 3.8) is 0 Å². The first-order valence-corrected chi connectivity index (χ1v) is 10.3. The molecule has 0 heterocycles. The van der Waals surface area contributed by atoms with Gasteiger partial charge in [-0.25, -0.2) is 0 Å². The molecule has 3 heteroatoms.